The third-order valence-corrected chi connectivity index (χ3v) is 7.83. The lowest BCUT2D eigenvalue weighted by molar-refractivity contribution is 0.323. The highest BCUT2D eigenvalue weighted by atomic mass is 15.2. The van der Waals surface area contributed by atoms with Gasteiger partial charge in [-0.3, -0.25) is 0 Å². The molecule has 1 saturated heterocycles. The highest BCUT2D eigenvalue weighted by molar-refractivity contribution is 5.51. The van der Waals surface area contributed by atoms with Crippen molar-refractivity contribution in [2.75, 3.05) is 18.0 Å². The average Bonchev–Trinajstić information content (AvgIpc) is 3.02. The van der Waals surface area contributed by atoms with Crippen molar-refractivity contribution in [3.8, 4) is 0 Å². The van der Waals surface area contributed by atoms with E-state index in [-0.39, 0.29) is 6.04 Å². The van der Waals surface area contributed by atoms with E-state index in [9.17, 15) is 0 Å². The van der Waals surface area contributed by atoms with E-state index in [1.807, 2.05) is 0 Å². The average molecular weight is 434 g/mol. The molecule has 1 aromatic carbocycles. The summed E-state index contributed by atoms with van der Waals surface area (Å²) in [7, 11) is 0. The largest absolute Gasteiger partial charge is 0.356 e. The van der Waals surface area contributed by atoms with Gasteiger partial charge in [-0.15, -0.1) is 0 Å². The first-order valence-electron chi connectivity index (χ1n) is 13.0. The van der Waals surface area contributed by atoms with Gasteiger partial charge in [0, 0.05) is 36.9 Å². The molecule has 2 aromatic rings. The van der Waals surface area contributed by atoms with Crippen LogP contribution in [0.15, 0.2) is 30.3 Å². The maximum absolute atomic E-state index is 7.18. The number of benzene rings is 1. The molecule has 172 valence electrons. The van der Waals surface area contributed by atoms with E-state index in [2.05, 4.69) is 40.5 Å². The van der Waals surface area contributed by atoms with Gasteiger partial charge in [0.2, 0.25) is 0 Å². The van der Waals surface area contributed by atoms with E-state index >= 15 is 0 Å². The van der Waals surface area contributed by atoms with Crippen molar-refractivity contribution >= 4 is 5.82 Å². The van der Waals surface area contributed by atoms with Crippen LogP contribution in [0.1, 0.15) is 86.9 Å². The van der Waals surface area contributed by atoms with E-state index in [1.54, 1.807) is 0 Å². The van der Waals surface area contributed by atoms with E-state index in [4.69, 9.17) is 15.7 Å². The van der Waals surface area contributed by atoms with Crippen LogP contribution in [0.25, 0.3) is 0 Å². The van der Waals surface area contributed by atoms with Crippen molar-refractivity contribution in [1.82, 2.24) is 15.3 Å². The van der Waals surface area contributed by atoms with Crippen molar-refractivity contribution in [1.29, 1.82) is 0 Å². The van der Waals surface area contributed by atoms with Crippen molar-refractivity contribution in [3.05, 3.63) is 53.0 Å². The Labute approximate surface area is 193 Å². The van der Waals surface area contributed by atoms with Crippen molar-refractivity contribution in [2.24, 2.45) is 5.73 Å². The van der Waals surface area contributed by atoms with E-state index in [0.717, 1.165) is 57.6 Å². The number of anilines is 1. The molecule has 1 aliphatic heterocycles. The highest BCUT2D eigenvalue weighted by Gasteiger charge is 2.44. The van der Waals surface area contributed by atoms with E-state index in [0.29, 0.717) is 0 Å². The molecular formula is C27H39N5. The molecule has 0 bridgehead atoms. The lowest BCUT2D eigenvalue weighted by atomic mass is 9.92. The molecule has 2 atom stereocenters. The van der Waals surface area contributed by atoms with Gasteiger partial charge in [-0.25, -0.2) is 9.97 Å². The Hall–Kier alpha value is -1.98. The van der Waals surface area contributed by atoms with Crippen LogP contribution in [-0.2, 0) is 24.9 Å². The molecule has 5 rings (SSSR count). The molecule has 1 saturated carbocycles. The minimum atomic E-state index is -0.489. The highest BCUT2D eigenvalue weighted by Crippen LogP contribution is 2.38. The summed E-state index contributed by atoms with van der Waals surface area (Å²) in [4.78, 5) is 13.1. The first-order valence-corrected chi connectivity index (χ1v) is 13.0. The van der Waals surface area contributed by atoms with Crippen molar-refractivity contribution in [3.63, 3.8) is 0 Å². The molecular weight excluding hydrogens is 394 g/mol. The van der Waals surface area contributed by atoms with Gasteiger partial charge in [0.1, 0.15) is 5.82 Å². The molecule has 2 fully saturated rings. The molecule has 0 amide bonds. The van der Waals surface area contributed by atoms with Crippen LogP contribution in [0.3, 0.4) is 0 Å². The fourth-order valence-corrected chi connectivity index (χ4v) is 5.92. The zero-order chi connectivity index (χ0) is 21.8. The molecule has 2 heterocycles. The molecule has 5 heteroatoms. The third-order valence-electron chi connectivity index (χ3n) is 7.83. The molecule has 3 N–H and O–H groups in total. The Morgan fingerprint density at radius 3 is 2.47 bits per heavy atom. The number of hydrogen-bond acceptors (Lipinski definition) is 5. The number of nitrogens with one attached hydrogen (secondary N) is 1. The van der Waals surface area contributed by atoms with Gasteiger partial charge in [0.05, 0.1) is 5.54 Å². The third kappa shape index (κ3) is 4.55. The minimum Gasteiger partial charge on any atom is -0.356 e. The molecule has 0 spiro atoms. The van der Waals surface area contributed by atoms with Gasteiger partial charge >= 0.3 is 0 Å². The standard InChI is InChI=1S/C27H39N5/c28-27(17-11-16-24(27)29-20-21-12-5-3-6-13-21)26-30-23-15-8-4-7-14-22(23)25(31-26)32-18-9-1-2-10-19-32/h3,5-6,12-13,24,29H,1-2,4,7-11,14-20,28H2. The van der Waals surface area contributed by atoms with Gasteiger partial charge in [-0.05, 0) is 63.4 Å². The quantitative estimate of drug-likeness (QED) is 0.674. The normalized spacial score (nSPS) is 26.4. The predicted molar refractivity (Wildman–Crippen MR) is 131 cm³/mol. The summed E-state index contributed by atoms with van der Waals surface area (Å²) in [5.41, 5.74) is 10.7. The lowest BCUT2D eigenvalue weighted by Crippen LogP contribution is -2.52. The second-order valence-corrected chi connectivity index (χ2v) is 10.1. The number of fused-ring (bicyclic) bond motifs is 1. The summed E-state index contributed by atoms with van der Waals surface area (Å²) in [6.45, 7) is 3.08. The monoisotopic (exact) mass is 433 g/mol. The second kappa shape index (κ2) is 9.88. The first-order chi connectivity index (χ1) is 15.7. The van der Waals surface area contributed by atoms with Crippen LogP contribution in [0.5, 0.6) is 0 Å². The van der Waals surface area contributed by atoms with Crippen LogP contribution in [0, 0.1) is 0 Å². The molecule has 32 heavy (non-hydrogen) atoms. The van der Waals surface area contributed by atoms with E-state index < -0.39 is 5.54 Å². The molecule has 2 aliphatic carbocycles. The summed E-state index contributed by atoms with van der Waals surface area (Å²) >= 11 is 0. The fraction of sp³-hybridized carbons (Fsp3) is 0.630. The predicted octanol–water partition coefficient (Wildman–Crippen LogP) is 4.62. The molecule has 3 aliphatic rings. The number of rotatable bonds is 5. The van der Waals surface area contributed by atoms with Gasteiger partial charge in [-0.1, -0.05) is 49.6 Å². The van der Waals surface area contributed by atoms with Gasteiger partial charge in [-0.2, -0.15) is 0 Å². The molecule has 5 nitrogen and oxygen atoms in total. The lowest BCUT2D eigenvalue weighted by Gasteiger charge is -2.33. The minimum absolute atomic E-state index is 0.212. The topological polar surface area (TPSA) is 67.1 Å². The van der Waals surface area contributed by atoms with Crippen molar-refractivity contribution < 1.29 is 0 Å². The number of nitrogens with two attached hydrogens (primary N) is 1. The van der Waals surface area contributed by atoms with Crippen LogP contribution in [0.4, 0.5) is 5.82 Å². The smallest absolute Gasteiger partial charge is 0.152 e. The van der Waals surface area contributed by atoms with Crippen molar-refractivity contribution in [2.45, 2.75) is 95.2 Å². The zero-order valence-corrected chi connectivity index (χ0v) is 19.5. The second-order valence-electron chi connectivity index (χ2n) is 10.1. The van der Waals surface area contributed by atoms with Gasteiger partial charge in [0.25, 0.3) is 0 Å². The number of aromatic nitrogens is 2. The molecule has 1 aromatic heterocycles. The zero-order valence-electron chi connectivity index (χ0n) is 19.5. The van der Waals surface area contributed by atoms with Gasteiger partial charge < -0.3 is 16.0 Å². The van der Waals surface area contributed by atoms with E-state index in [1.165, 1.54) is 67.6 Å². The summed E-state index contributed by atoms with van der Waals surface area (Å²) < 4.78 is 0. The number of aryl methyl sites for hydroxylation is 1. The maximum atomic E-state index is 7.18. The summed E-state index contributed by atoms with van der Waals surface area (Å²) in [5, 5.41) is 3.77. The first kappa shape index (κ1) is 21.8. The molecule has 2 unspecified atom stereocenters. The number of nitrogens with zero attached hydrogens (tertiary/aromatic N) is 3. The fourth-order valence-electron chi connectivity index (χ4n) is 5.92. The van der Waals surface area contributed by atoms with Crippen LogP contribution < -0.4 is 16.0 Å². The summed E-state index contributed by atoms with van der Waals surface area (Å²) in [5.74, 6) is 2.10. The Morgan fingerprint density at radius 1 is 0.906 bits per heavy atom. The summed E-state index contributed by atoms with van der Waals surface area (Å²) in [6, 6.07) is 10.8. The van der Waals surface area contributed by atoms with Crippen LogP contribution in [-0.4, -0.2) is 29.1 Å². The Balaban J connectivity index is 1.47. The SMILES string of the molecule is NC1(c2nc3c(c(N4CCCCCC4)n2)CCCCC3)CCCC1NCc1ccccc1. The molecule has 0 radical (unpaired) electrons. The van der Waals surface area contributed by atoms with Crippen LogP contribution in [0.2, 0.25) is 0 Å². The Bertz CT molecular complexity index is 890. The number of hydrogen-bond donors (Lipinski definition) is 2. The van der Waals surface area contributed by atoms with Crippen LogP contribution >= 0.6 is 0 Å². The summed E-state index contributed by atoms with van der Waals surface area (Å²) in [6.07, 6.45) is 14.3. The maximum Gasteiger partial charge on any atom is 0.152 e. The Morgan fingerprint density at radius 2 is 1.66 bits per heavy atom. The van der Waals surface area contributed by atoms with Gasteiger partial charge in [0.15, 0.2) is 5.82 Å². The Kier molecular flexibility index (Phi) is 6.74.